The molecule has 5 nitrogen and oxygen atoms in total. The zero-order valence-electron chi connectivity index (χ0n) is 10.7. The van der Waals surface area contributed by atoms with Gasteiger partial charge in [0.05, 0.1) is 12.1 Å². The van der Waals surface area contributed by atoms with Crippen molar-refractivity contribution in [3.63, 3.8) is 0 Å². The predicted molar refractivity (Wildman–Crippen MR) is 72.6 cm³/mol. The van der Waals surface area contributed by atoms with Crippen LogP contribution in [0, 0.1) is 0 Å². The predicted octanol–water partition coefficient (Wildman–Crippen LogP) is 2.14. The molecule has 0 spiro atoms. The molecule has 3 rings (SSSR count). The van der Waals surface area contributed by atoms with Crippen molar-refractivity contribution in [1.82, 2.24) is 19.7 Å². The Bertz CT molecular complexity index is 687. The molecule has 2 heterocycles. The zero-order valence-corrected chi connectivity index (χ0v) is 10.7. The Balaban J connectivity index is 2.12. The van der Waals surface area contributed by atoms with E-state index in [1.54, 1.807) is 19.6 Å². The van der Waals surface area contributed by atoms with Crippen LogP contribution in [0.2, 0.25) is 0 Å². The van der Waals surface area contributed by atoms with E-state index in [2.05, 4.69) is 15.2 Å². The number of aromatic nitrogens is 4. The van der Waals surface area contributed by atoms with E-state index in [9.17, 15) is 0 Å². The fourth-order valence-electron chi connectivity index (χ4n) is 2.11. The second-order valence-electron chi connectivity index (χ2n) is 4.22. The molecule has 0 amide bonds. The molecule has 3 aromatic rings. The number of para-hydroxylation sites is 1. The lowest BCUT2D eigenvalue weighted by atomic mass is 10.1. The Hall–Kier alpha value is -2.27. The van der Waals surface area contributed by atoms with E-state index in [0.717, 1.165) is 28.8 Å². The van der Waals surface area contributed by atoms with Crippen LogP contribution in [0.15, 0.2) is 42.9 Å². The molecule has 0 saturated heterocycles. The van der Waals surface area contributed by atoms with Crippen LogP contribution in [-0.4, -0.2) is 33.5 Å². The minimum Gasteiger partial charge on any atom is -0.383 e. The van der Waals surface area contributed by atoms with Crippen molar-refractivity contribution in [3.8, 4) is 11.4 Å². The van der Waals surface area contributed by atoms with Crippen molar-refractivity contribution >= 4 is 10.9 Å². The second-order valence-corrected chi connectivity index (χ2v) is 4.22. The fourth-order valence-corrected chi connectivity index (χ4v) is 2.11. The summed E-state index contributed by atoms with van der Waals surface area (Å²) in [6.07, 6.45) is 3.52. The van der Waals surface area contributed by atoms with Gasteiger partial charge >= 0.3 is 0 Å². The minimum absolute atomic E-state index is 0.633. The van der Waals surface area contributed by atoms with Gasteiger partial charge in [0.2, 0.25) is 0 Å². The summed E-state index contributed by atoms with van der Waals surface area (Å²) >= 11 is 0. The molecule has 19 heavy (non-hydrogen) atoms. The Kier molecular flexibility index (Phi) is 3.20. The Labute approximate surface area is 110 Å². The van der Waals surface area contributed by atoms with Gasteiger partial charge in [-0.05, 0) is 12.1 Å². The molecule has 0 unspecified atom stereocenters. The third-order valence-corrected chi connectivity index (χ3v) is 3.04. The lowest BCUT2D eigenvalue weighted by Gasteiger charge is -2.08. The molecule has 0 bridgehead atoms. The van der Waals surface area contributed by atoms with Gasteiger partial charge in [0, 0.05) is 30.8 Å². The van der Waals surface area contributed by atoms with E-state index >= 15 is 0 Å². The van der Waals surface area contributed by atoms with Crippen molar-refractivity contribution in [1.29, 1.82) is 0 Å². The van der Waals surface area contributed by atoms with Crippen LogP contribution in [0.1, 0.15) is 0 Å². The lowest BCUT2D eigenvalue weighted by molar-refractivity contribution is 0.187. The number of benzene rings is 1. The van der Waals surface area contributed by atoms with Crippen molar-refractivity contribution in [3.05, 3.63) is 42.9 Å². The van der Waals surface area contributed by atoms with Crippen molar-refractivity contribution < 1.29 is 4.74 Å². The van der Waals surface area contributed by atoms with E-state index in [1.165, 1.54) is 0 Å². The highest BCUT2D eigenvalue weighted by Crippen LogP contribution is 2.25. The molecule has 0 fully saturated rings. The van der Waals surface area contributed by atoms with E-state index in [-0.39, 0.29) is 0 Å². The fraction of sp³-hybridized carbons (Fsp3) is 0.214. The summed E-state index contributed by atoms with van der Waals surface area (Å²) in [4.78, 5) is 4.36. The Morgan fingerprint density at radius 2 is 2.11 bits per heavy atom. The van der Waals surface area contributed by atoms with Crippen LogP contribution < -0.4 is 0 Å². The molecule has 0 aliphatic rings. The highest BCUT2D eigenvalue weighted by Gasteiger charge is 2.10. The van der Waals surface area contributed by atoms with Gasteiger partial charge in [0.25, 0.3) is 0 Å². The summed E-state index contributed by atoms with van der Waals surface area (Å²) in [7, 11) is 1.69. The molecule has 5 heteroatoms. The number of fused-ring (bicyclic) bond motifs is 1. The van der Waals surface area contributed by atoms with E-state index in [0.29, 0.717) is 6.61 Å². The standard InChI is InChI=1S/C14H14N4O/c1-19-9-8-18-10-16-17-14(18)12-6-7-15-13-5-3-2-4-11(12)13/h2-7,10H,8-9H2,1H3. The molecule has 0 N–H and O–H groups in total. The summed E-state index contributed by atoms with van der Waals surface area (Å²) in [6, 6.07) is 10.00. The van der Waals surface area contributed by atoms with Gasteiger partial charge < -0.3 is 9.30 Å². The molecule has 0 saturated carbocycles. The molecule has 96 valence electrons. The third kappa shape index (κ3) is 2.20. The highest BCUT2D eigenvalue weighted by atomic mass is 16.5. The maximum absolute atomic E-state index is 5.10. The highest BCUT2D eigenvalue weighted by molar-refractivity contribution is 5.92. The molecule has 0 aliphatic heterocycles. The first-order valence-corrected chi connectivity index (χ1v) is 6.11. The second kappa shape index (κ2) is 5.16. The van der Waals surface area contributed by atoms with Gasteiger partial charge in [-0.1, -0.05) is 18.2 Å². The minimum atomic E-state index is 0.633. The largest absolute Gasteiger partial charge is 0.383 e. The summed E-state index contributed by atoms with van der Waals surface area (Å²) in [5.74, 6) is 0.843. The number of pyridine rings is 1. The number of ether oxygens (including phenoxy) is 1. The van der Waals surface area contributed by atoms with Gasteiger partial charge in [-0.25, -0.2) is 0 Å². The summed E-state index contributed by atoms with van der Waals surface area (Å²) in [5.41, 5.74) is 2.00. The maximum atomic E-state index is 5.10. The van der Waals surface area contributed by atoms with Crippen LogP contribution in [-0.2, 0) is 11.3 Å². The first-order chi connectivity index (χ1) is 9.40. The van der Waals surface area contributed by atoms with Crippen LogP contribution in [0.5, 0.6) is 0 Å². The summed E-state index contributed by atoms with van der Waals surface area (Å²) < 4.78 is 7.10. The van der Waals surface area contributed by atoms with E-state index < -0.39 is 0 Å². The summed E-state index contributed by atoms with van der Waals surface area (Å²) in [5, 5.41) is 9.29. The smallest absolute Gasteiger partial charge is 0.164 e. The number of rotatable bonds is 4. The van der Waals surface area contributed by atoms with Crippen LogP contribution in [0.25, 0.3) is 22.3 Å². The van der Waals surface area contributed by atoms with E-state index in [1.807, 2.05) is 34.9 Å². The van der Waals surface area contributed by atoms with Crippen molar-refractivity contribution in [2.24, 2.45) is 0 Å². The zero-order chi connectivity index (χ0) is 13.1. The molecule has 1 aromatic carbocycles. The van der Waals surface area contributed by atoms with Crippen molar-refractivity contribution in [2.75, 3.05) is 13.7 Å². The lowest BCUT2D eigenvalue weighted by Crippen LogP contribution is -2.05. The molecule has 0 aliphatic carbocycles. The number of methoxy groups -OCH3 is 1. The Morgan fingerprint density at radius 1 is 1.21 bits per heavy atom. The number of nitrogens with zero attached hydrogens (tertiary/aromatic N) is 4. The topological polar surface area (TPSA) is 52.8 Å². The first-order valence-electron chi connectivity index (χ1n) is 6.11. The first kappa shape index (κ1) is 11.8. The molecule has 2 aromatic heterocycles. The van der Waals surface area contributed by atoms with Gasteiger partial charge in [-0.2, -0.15) is 0 Å². The number of hydrogen-bond acceptors (Lipinski definition) is 4. The monoisotopic (exact) mass is 254 g/mol. The van der Waals surface area contributed by atoms with Gasteiger partial charge in [0.15, 0.2) is 5.82 Å². The maximum Gasteiger partial charge on any atom is 0.164 e. The normalized spacial score (nSPS) is 11.0. The molecule has 0 atom stereocenters. The average Bonchev–Trinajstić information content (AvgIpc) is 2.92. The number of hydrogen-bond donors (Lipinski definition) is 0. The molecular formula is C14H14N4O. The SMILES string of the molecule is COCCn1cnnc1-c1ccnc2ccccc12. The van der Waals surface area contributed by atoms with Crippen LogP contribution in [0.4, 0.5) is 0 Å². The van der Waals surface area contributed by atoms with Gasteiger partial charge in [0.1, 0.15) is 6.33 Å². The third-order valence-electron chi connectivity index (χ3n) is 3.04. The van der Waals surface area contributed by atoms with Crippen LogP contribution in [0.3, 0.4) is 0 Å². The van der Waals surface area contributed by atoms with E-state index in [4.69, 9.17) is 4.74 Å². The van der Waals surface area contributed by atoms with Gasteiger partial charge in [-0.3, -0.25) is 4.98 Å². The average molecular weight is 254 g/mol. The van der Waals surface area contributed by atoms with Crippen molar-refractivity contribution in [2.45, 2.75) is 6.54 Å². The van der Waals surface area contributed by atoms with Crippen LogP contribution >= 0.6 is 0 Å². The Morgan fingerprint density at radius 3 is 3.00 bits per heavy atom. The van der Waals surface area contributed by atoms with Gasteiger partial charge in [-0.15, -0.1) is 10.2 Å². The molecular weight excluding hydrogens is 240 g/mol. The quantitative estimate of drug-likeness (QED) is 0.715. The summed E-state index contributed by atoms with van der Waals surface area (Å²) in [6.45, 7) is 1.36. The molecule has 0 radical (unpaired) electrons.